The maximum atomic E-state index is 12.2. The number of ether oxygens (including phenoxy) is 1. The van der Waals surface area contributed by atoms with Crippen molar-refractivity contribution in [2.45, 2.75) is 20.8 Å². The summed E-state index contributed by atoms with van der Waals surface area (Å²) < 4.78 is 5.12. The predicted octanol–water partition coefficient (Wildman–Crippen LogP) is 1.85. The Hall–Kier alpha value is -2.18. The van der Waals surface area contributed by atoms with Crippen LogP contribution in [0.5, 0.6) is 0 Å². The maximum Gasteiger partial charge on any atom is 0.253 e. The molecule has 0 saturated carbocycles. The van der Waals surface area contributed by atoms with E-state index in [0.29, 0.717) is 18.8 Å². The summed E-state index contributed by atoms with van der Waals surface area (Å²) in [6.07, 6.45) is 2.08. The molecule has 1 amide bonds. The molecule has 2 N–H and O–H groups in total. The van der Waals surface area contributed by atoms with Crippen LogP contribution in [0, 0.1) is 13.8 Å². The Morgan fingerprint density at radius 3 is 2.76 bits per heavy atom. The van der Waals surface area contributed by atoms with Crippen LogP contribution >= 0.6 is 0 Å². The van der Waals surface area contributed by atoms with E-state index in [9.17, 15) is 4.79 Å². The monoisotopic (exact) mass is 347 g/mol. The third-order valence-corrected chi connectivity index (χ3v) is 3.90. The third kappa shape index (κ3) is 5.99. The molecule has 0 unspecified atom stereocenters. The lowest BCUT2D eigenvalue weighted by Gasteiger charge is -2.23. The number of aryl methyl sites for hydroxylation is 2. The van der Waals surface area contributed by atoms with Gasteiger partial charge in [0.1, 0.15) is 0 Å². The highest BCUT2D eigenvalue weighted by Gasteiger charge is 2.18. The minimum Gasteiger partial charge on any atom is -0.395 e. The van der Waals surface area contributed by atoms with Gasteiger partial charge in [-0.25, -0.2) is 0 Å². The first-order valence-corrected chi connectivity index (χ1v) is 8.24. The van der Waals surface area contributed by atoms with Crippen molar-refractivity contribution in [1.82, 2.24) is 10.3 Å². The van der Waals surface area contributed by atoms with Crippen molar-refractivity contribution in [1.29, 1.82) is 0 Å². The molecule has 0 saturated heterocycles. The Morgan fingerprint density at radius 1 is 1.48 bits per heavy atom. The van der Waals surface area contributed by atoms with Gasteiger partial charge in [0.05, 0.1) is 30.2 Å². The van der Waals surface area contributed by atoms with Gasteiger partial charge < -0.3 is 20.1 Å². The first-order valence-electron chi connectivity index (χ1n) is 8.24. The Balaban J connectivity index is 3.13. The largest absolute Gasteiger partial charge is 0.395 e. The minimum atomic E-state index is -0.328. The molecule has 0 aliphatic heterocycles. The van der Waals surface area contributed by atoms with Gasteiger partial charge in [0.2, 0.25) is 0 Å². The van der Waals surface area contributed by atoms with Crippen molar-refractivity contribution < 1.29 is 14.6 Å². The van der Waals surface area contributed by atoms with E-state index >= 15 is 0 Å². The number of likely N-dealkylation sites (N-methyl/N-ethyl adjacent to an activating group) is 1. The summed E-state index contributed by atoms with van der Waals surface area (Å²) in [5, 5.41) is 11.5. The van der Waals surface area contributed by atoms with Gasteiger partial charge in [-0.05, 0) is 32.4 Å². The summed E-state index contributed by atoms with van der Waals surface area (Å²) in [5.74, 6) is -0.328. The fourth-order valence-electron chi connectivity index (χ4n) is 2.27. The summed E-state index contributed by atoms with van der Waals surface area (Å²) in [6, 6.07) is 2.02. The second kappa shape index (κ2) is 9.96. The van der Waals surface area contributed by atoms with E-state index in [1.54, 1.807) is 7.11 Å². The Kier molecular flexibility index (Phi) is 8.31. The molecule has 6 nitrogen and oxygen atoms in total. The quantitative estimate of drug-likeness (QED) is 0.527. The molecule has 1 aromatic heterocycles. The summed E-state index contributed by atoms with van der Waals surface area (Å²) in [7, 11) is 3.62. The minimum absolute atomic E-state index is 0.115. The number of nitrogens with zero attached hydrogens (tertiary/aromatic N) is 2. The van der Waals surface area contributed by atoms with Crippen molar-refractivity contribution in [3.8, 4) is 0 Å². The predicted molar refractivity (Wildman–Crippen MR) is 102 cm³/mol. The molecule has 0 fully saturated rings. The highest BCUT2D eigenvalue weighted by molar-refractivity contribution is 6.19. The molecule has 138 valence electrons. The number of carbonyl (C=O) groups is 1. The molecule has 1 heterocycles. The van der Waals surface area contributed by atoms with Crippen molar-refractivity contribution in [3.63, 3.8) is 0 Å². The number of methoxy groups -OCH3 is 1. The van der Waals surface area contributed by atoms with Gasteiger partial charge in [-0.15, -0.1) is 0 Å². The number of aliphatic hydroxyl groups excluding tert-OH is 1. The first kappa shape index (κ1) is 20.9. The van der Waals surface area contributed by atoms with E-state index in [1.165, 1.54) is 0 Å². The second-order valence-electron chi connectivity index (χ2n) is 6.08. The first-order chi connectivity index (χ1) is 11.8. The van der Waals surface area contributed by atoms with Gasteiger partial charge in [0.15, 0.2) is 0 Å². The van der Waals surface area contributed by atoms with E-state index in [2.05, 4.69) is 23.0 Å². The zero-order chi connectivity index (χ0) is 19.0. The normalized spacial score (nSPS) is 11.4. The molecule has 1 aromatic rings. The molecule has 0 spiro atoms. The highest BCUT2D eigenvalue weighted by atomic mass is 16.5. The van der Waals surface area contributed by atoms with Gasteiger partial charge in [0, 0.05) is 32.9 Å². The standard InChI is InChI=1S/C19H29N3O3/c1-13(12-25-6)7-9-22(5)17-11-14(2)16(4)21-18(17)15(3)19(24)20-8-10-23/h7,11,23H,3,8-10,12H2,1-2,4-6H3,(H,20,24)/b13-7+. The van der Waals surface area contributed by atoms with Crippen LogP contribution in [0.25, 0.3) is 5.57 Å². The fraction of sp³-hybridized carbons (Fsp3) is 0.474. The van der Waals surface area contributed by atoms with Crippen LogP contribution in [0.1, 0.15) is 23.9 Å². The molecule has 0 aliphatic carbocycles. The molecule has 25 heavy (non-hydrogen) atoms. The zero-order valence-electron chi connectivity index (χ0n) is 15.8. The van der Waals surface area contributed by atoms with Gasteiger partial charge in [-0.3, -0.25) is 9.78 Å². The Labute approximate surface area is 150 Å². The molecule has 0 atom stereocenters. The Morgan fingerprint density at radius 2 is 2.16 bits per heavy atom. The molecule has 1 rings (SSSR count). The fourth-order valence-corrected chi connectivity index (χ4v) is 2.27. The maximum absolute atomic E-state index is 12.2. The molecule has 0 radical (unpaired) electrons. The number of pyridine rings is 1. The van der Waals surface area contributed by atoms with E-state index in [4.69, 9.17) is 9.84 Å². The van der Waals surface area contributed by atoms with Crippen LogP contribution < -0.4 is 10.2 Å². The highest BCUT2D eigenvalue weighted by Crippen LogP contribution is 2.26. The lowest BCUT2D eigenvalue weighted by molar-refractivity contribution is -0.115. The van der Waals surface area contributed by atoms with Crippen molar-refractivity contribution in [2.24, 2.45) is 0 Å². The molecule has 6 heteroatoms. The number of hydrogen-bond donors (Lipinski definition) is 2. The SMILES string of the molecule is C=C(C(=O)NCCO)c1nc(C)c(C)cc1N(C)C/C=C(\C)COC. The second-order valence-corrected chi connectivity index (χ2v) is 6.08. The third-order valence-electron chi connectivity index (χ3n) is 3.90. The van der Waals surface area contributed by atoms with Gasteiger partial charge in [-0.1, -0.05) is 18.2 Å². The van der Waals surface area contributed by atoms with Crippen LogP contribution in [0.2, 0.25) is 0 Å². The summed E-state index contributed by atoms with van der Waals surface area (Å²) in [4.78, 5) is 18.8. The van der Waals surface area contributed by atoms with E-state index in [0.717, 1.165) is 22.5 Å². The van der Waals surface area contributed by atoms with Crippen LogP contribution in [-0.2, 0) is 9.53 Å². The number of hydrogen-bond acceptors (Lipinski definition) is 5. The molecular weight excluding hydrogens is 318 g/mol. The van der Waals surface area contributed by atoms with E-state index < -0.39 is 0 Å². The number of aliphatic hydroxyl groups is 1. The number of rotatable bonds is 9. The number of aromatic nitrogens is 1. The number of carbonyl (C=O) groups excluding carboxylic acids is 1. The van der Waals surface area contributed by atoms with Crippen LogP contribution in [0.3, 0.4) is 0 Å². The van der Waals surface area contributed by atoms with Crippen molar-refractivity contribution >= 4 is 17.2 Å². The topological polar surface area (TPSA) is 74.7 Å². The summed E-state index contributed by atoms with van der Waals surface area (Å²) >= 11 is 0. The number of nitrogens with one attached hydrogen (secondary N) is 1. The number of anilines is 1. The summed E-state index contributed by atoms with van der Waals surface area (Å²) in [5.41, 5.74) is 4.72. The molecule has 0 aromatic carbocycles. The summed E-state index contributed by atoms with van der Waals surface area (Å²) in [6.45, 7) is 11.1. The average molecular weight is 347 g/mol. The van der Waals surface area contributed by atoms with Crippen LogP contribution in [-0.4, -0.2) is 56.5 Å². The van der Waals surface area contributed by atoms with Crippen molar-refractivity contribution in [2.75, 3.05) is 45.4 Å². The lowest BCUT2D eigenvalue weighted by Crippen LogP contribution is -2.28. The molecular formula is C19H29N3O3. The molecule has 0 bridgehead atoms. The average Bonchev–Trinajstić information content (AvgIpc) is 2.59. The number of amides is 1. The van der Waals surface area contributed by atoms with Gasteiger partial charge in [0.25, 0.3) is 5.91 Å². The zero-order valence-corrected chi connectivity index (χ0v) is 15.8. The van der Waals surface area contributed by atoms with Crippen LogP contribution in [0.15, 0.2) is 24.3 Å². The molecule has 0 aliphatic rings. The smallest absolute Gasteiger partial charge is 0.253 e. The van der Waals surface area contributed by atoms with E-state index in [1.807, 2.05) is 38.8 Å². The Bertz CT molecular complexity index is 654. The van der Waals surface area contributed by atoms with E-state index in [-0.39, 0.29) is 24.6 Å². The van der Waals surface area contributed by atoms with Crippen LogP contribution in [0.4, 0.5) is 5.69 Å². The van der Waals surface area contributed by atoms with Crippen molar-refractivity contribution in [3.05, 3.63) is 41.2 Å². The van der Waals surface area contributed by atoms with Gasteiger partial charge in [-0.2, -0.15) is 0 Å². The van der Waals surface area contributed by atoms with Gasteiger partial charge >= 0.3 is 0 Å². The lowest BCUT2D eigenvalue weighted by atomic mass is 10.1.